The van der Waals surface area contributed by atoms with E-state index in [0.717, 1.165) is 0 Å². The van der Waals surface area contributed by atoms with Crippen LogP contribution in [0.3, 0.4) is 0 Å². The minimum absolute atomic E-state index is 0.133. The van der Waals surface area contributed by atoms with Crippen LogP contribution in [0.2, 0.25) is 5.15 Å². The second-order valence-electron chi connectivity index (χ2n) is 4.14. The number of rotatable bonds is 3. The third-order valence-electron chi connectivity index (χ3n) is 2.71. The molecule has 1 aromatic carbocycles. The molecule has 0 unspecified atom stereocenters. The van der Waals surface area contributed by atoms with Gasteiger partial charge in [0.15, 0.2) is 0 Å². The van der Waals surface area contributed by atoms with Crippen LogP contribution < -0.4 is 5.32 Å². The number of pyridine rings is 1. The van der Waals surface area contributed by atoms with Crippen LogP contribution in [0.25, 0.3) is 0 Å². The van der Waals surface area contributed by atoms with Gasteiger partial charge in [-0.15, -0.1) is 0 Å². The Hall–Kier alpha value is -1.74. The first-order chi connectivity index (χ1) is 9.88. The highest BCUT2D eigenvalue weighted by atomic mass is 127. The molecule has 108 valence electrons. The summed E-state index contributed by atoms with van der Waals surface area (Å²) in [5, 5.41) is 13.8. The molecule has 2 rings (SSSR count). The predicted octanol–water partition coefficient (Wildman–Crippen LogP) is 3.81. The van der Waals surface area contributed by atoms with Gasteiger partial charge in [-0.2, -0.15) is 0 Å². The lowest BCUT2D eigenvalue weighted by atomic mass is 10.2. The fraction of sp³-hybridized carbons (Fsp3) is 0.0769. The van der Waals surface area contributed by atoms with Crippen molar-refractivity contribution >= 4 is 51.5 Å². The summed E-state index contributed by atoms with van der Waals surface area (Å²) in [6.45, 7) is 1.71. The molecule has 0 radical (unpaired) electrons. The van der Waals surface area contributed by atoms with Crippen molar-refractivity contribution in [2.24, 2.45) is 0 Å². The summed E-state index contributed by atoms with van der Waals surface area (Å²) in [5.41, 5.74) is 1.17. The molecule has 0 spiro atoms. The van der Waals surface area contributed by atoms with Crippen molar-refractivity contribution in [3.8, 4) is 0 Å². The molecule has 1 N–H and O–H groups in total. The van der Waals surface area contributed by atoms with E-state index in [1.165, 1.54) is 18.2 Å². The van der Waals surface area contributed by atoms with Gasteiger partial charge < -0.3 is 5.32 Å². The Morgan fingerprint density at radius 2 is 2.10 bits per heavy atom. The van der Waals surface area contributed by atoms with Crippen molar-refractivity contribution in [3.63, 3.8) is 0 Å². The maximum Gasteiger partial charge on any atom is 0.270 e. The number of nitro groups is 1. The number of aryl methyl sites for hydroxylation is 1. The number of non-ortho nitro benzene ring substituents is 1. The first-order valence-corrected chi connectivity index (χ1v) is 7.22. The molecule has 6 nitrogen and oxygen atoms in total. The number of hydrogen-bond donors (Lipinski definition) is 1. The van der Waals surface area contributed by atoms with Gasteiger partial charge in [-0.3, -0.25) is 14.9 Å². The van der Waals surface area contributed by atoms with E-state index in [1.54, 1.807) is 19.1 Å². The number of aromatic nitrogens is 1. The molecular formula is C13H9ClIN3O3. The van der Waals surface area contributed by atoms with Gasteiger partial charge in [-0.1, -0.05) is 11.6 Å². The molecule has 0 aliphatic heterocycles. The predicted molar refractivity (Wildman–Crippen MR) is 87.8 cm³/mol. The topological polar surface area (TPSA) is 85.1 Å². The first kappa shape index (κ1) is 15.6. The fourth-order valence-corrected chi connectivity index (χ4v) is 2.42. The Bertz CT molecular complexity index is 737. The SMILES string of the molecule is Cc1nc(Cl)ccc1NC(=O)c1cc([N+](=O)[O-])ccc1I. The highest BCUT2D eigenvalue weighted by Crippen LogP contribution is 2.22. The number of carbonyl (C=O) groups excluding carboxylic acids is 1. The monoisotopic (exact) mass is 417 g/mol. The zero-order valence-electron chi connectivity index (χ0n) is 10.8. The highest BCUT2D eigenvalue weighted by Gasteiger charge is 2.16. The Morgan fingerprint density at radius 3 is 2.71 bits per heavy atom. The zero-order valence-corrected chi connectivity index (χ0v) is 13.7. The van der Waals surface area contributed by atoms with Gasteiger partial charge in [-0.25, -0.2) is 4.98 Å². The van der Waals surface area contributed by atoms with Crippen molar-refractivity contribution in [2.75, 3.05) is 5.32 Å². The highest BCUT2D eigenvalue weighted by molar-refractivity contribution is 14.1. The lowest BCUT2D eigenvalue weighted by Gasteiger charge is -2.09. The summed E-state index contributed by atoms with van der Waals surface area (Å²) < 4.78 is 0.621. The molecule has 0 fully saturated rings. The molecule has 1 amide bonds. The smallest absolute Gasteiger partial charge is 0.270 e. The quantitative estimate of drug-likeness (QED) is 0.356. The molecule has 8 heteroatoms. The van der Waals surface area contributed by atoms with E-state index in [2.05, 4.69) is 10.3 Å². The van der Waals surface area contributed by atoms with E-state index >= 15 is 0 Å². The molecule has 0 saturated carbocycles. The molecule has 1 aromatic heterocycles. The number of hydrogen-bond acceptors (Lipinski definition) is 4. The van der Waals surface area contributed by atoms with E-state index in [1.807, 2.05) is 22.6 Å². The Morgan fingerprint density at radius 1 is 1.38 bits per heavy atom. The van der Waals surface area contributed by atoms with Crippen molar-refractivity contribution in [2.45, 2.75) is 6.92 Å². The van der Waals surface area contributed by atoms with Gasteiger partial charge in [0, 0.05) is 15.7 Å². The minimum Gasteiger partial charge on any atom is -0.320 e. The van der Waals surface area contributed by atoms with E-state index in [-0.39, 0.29) is 11.3 Å². The summed E-state index contributed by atoms with van der Waals surface area (Å²) in [7, 11) is 0. The number of anilines is 1. The molecule has 1 heterocycles. The molecule has 0 saturated heterocycles. The van der Waals surface area contributed by atoms with Gasteiger partial charge in [0.25, 0.3) is 11.6 Å². The Balaban J connectivity index is 2.32. The van der Waals surface area contributed by atoms with Crippen LogP contribution in [0.4, 0.5) is 11.4 Å². The van der Waals surface area contributed by atoms with Crippen LogP contribution in [0.1, 0.15) is 16.1 Å². The van der Waals surface area contributed by atoms with Crippen LogP contribution in [-0.4, -0.2) is 15.8 Å². The number of amides is 1. The van der Waals surface area contributed by atoms with Gasteiger partial charge in [0.2, 0.25) is 0 Å². The number of nitrogens with one attached hydrogen (secondary N) is 1. The molecule has 21 heavy (non-hydrogen) atoms. The van der Waals surface area contributed by atoms with Crippen molar-refractivity contribution < 1.29 is 9.72 Å². The molecule has 0 aliphatic carbocycles. The normalized spacial score (nSPS) is 10.2. The van der Waals surface area contributed by atoms with Crippen LogP contribution >= 0.6 is 34.2 Å². The third kappa shape index (κ3) is 3.67. The van der Waals surface area contributed by atoms with E-state index in [9.17, 15) is 14.9 Å². The van der Waals surface area contributed by atoms with Gasteiger partial charge >= 0.3 is 0 Å². The van der Waals surface area contributed by atoms with Crippen LogP contribution in [0, 0.1) is 20.6 Å². The summed E-state index contributed by atoms with van der Waals surface area (Å²) in [6, 6.07) is 7.32. The minimum atomic E-state index is -0.540. The molecule has 0 atom stereocenters. The lowest BCUT2D eigenvalue weighted by molar-refractivity contribution is -0.384. The number of carbonyl (C=O) groups is 1. The van der Waals surface area contributed by atoms with E-state index in [4.69, 9.17) is 11.6 Å². The summed E-state index contributed by atoms with van der Waals surface area (Å²) in [6.07, 6.45) is 0. The zero-order chi connectivity index (χ0) is 15.6. The molecule has 2 aromatic rings. The molecule has 0 bridgehead atoms. The van der Waals surface area contributed by atoms with Crippen molar-refractivity contribution in [3.05, 3.63) is 60.4 Å². The largest absolute Gasteiger partial charge is 0.320 e. The number of nitrogens with zero attached hydrogens (tertiary/aromatic N) is 2. The maximum absolute atomic E-state index is 12.2. The molecule has 0 aliphatic rings. The Labute approximate surface area is 138 Å². The molecular weight excluding hydrogens is 409 g/mol. The van der Waals surface area contributed by atoms with Gasteiger partial charge in [0.05, 0.1) is 21.9 Å². The van der Waals surface area contributed by atoms with Gasteiger partial charge in [-0.05, 0) is 47.7 Å². The van der Waals surface area contributed by atoms with E-state index in [0.29, 0.717) is 20.1 Å². The third-order valence-corrected chi connectivity index (χ3v) is 3.86. The average Bonchev–Trinajstić information content (AvgIpc) is 2.42. The van der Waals surface area contributed by atoms with Gasteiger partial charge in [0.1, 0.15) is 5.15 Å². The average molecular weight is 418 g/mol. The summed E-state index contributed by atoms with van der Waals surface area (Å²) in [4.78, 5) is 26.5. The standard InChI is InChI=1S/C13H9ClIN3O3/c1-7-11(4-5-12(14)16-7)17-13(19)9-6-8(18(20)21)2-3-10(9)15/h2-6H,1H3,(H,17,19). The van der Waals surface area contributed by atoms with Crippen LogP contribution in [0.15, 0.2) is 30.3 Å². The second kappa shape index (κ2) is 6.35. The van der Waals surface area contributed by atoms with Crippen LogP contribution in [0.5, 0.6) is 0 Å². The Kier molecular flexibility index (Phi) is 4.73. The summed E-state index contributed by atoms with van der Waals surface area (Å²) in [5.74, 6) is -0.435. The van der Waals surface area contributed by atoms with Crippen molar-refractivity contribution in [1.29, 1.82) is 0 Å². The fourth-order valence-electron chi connectivity index (χ4n) is 1.65. The number of halogens is 2. The second-order valence-corrected chi connectivity index (χ2v) is 5.69. The number of nitro benzene ring substituents is 1. The lowest BCUT2D eigenvalue weighted by Crippen LogP contribution is -2.15. The van der Waals surface area contributed by atoms with E-state index < -0.39 is 10.8 Å². The maximum atomic E-state index is 12.2. The van der Waals surface area contributed by atoms with Crippen molar-refractivity contribution in [1.82, 2.24) is 4.98 Å². The number of benzene rings is 1. The first-order valence-electron chi connectivity index (χ1n) is 5.77. The summed E-state index contributed by atoms with van der Waals surface area (Å²) >= 11 is 7.70. The van der Waals surface area contributed by atoms with Crippen LogP contribution in [-0.2, 0) is 0 Å².